The summed E-state index contributed by atoms with van der Waals surface area (Å²) in [5.74, 6) is 2.39. The number of piperidine rings is 1. The predicted octanol–water partition coefficient (Wildman–Crippen LogP) is 4.98. The van der Waals surface area contributed by atoms with E-state index in [2.05, 4.69) is 20.2 Å². The number of hydrogen-bond acceptors (Lipinski definition) is 6. The fraction of sp³-hybridized carbons (Fsp3) is 0.192. The van der Waals surface area contributed by atoms with Crippen molar-refractivity contribution in [2.24, 2.45) is 5.92 Å². The molecule has 3 heterocycles. The van der Waals surface area contributed by atoms with Gasteiger partial charge in [-0.15, -0.1) is 0 Å². The van der Waals surface area contributed by atoms with Gasteiger partial charge in [0.25, 0.3) is 0 Å². The Kier molecular flexibility index (Phi) is 5.76. The number of carbonyl (C=O) groups is 1. The topological polar surface area (TPSA) is 87.6 Å². The first-order chi connectivity index (χ1) is 16.2. The molecule has 1 aliphatic heterocycles. The number of amides is 1. The second-order valence-corrected chi connectivity index (χ2v) is 8.08. The van der Waals surface area contributed by atoms with Crippen LogP contribution >= 0.6 is 0 Å². The first kappa shape index (κ1) is 20.8. The third-order valence-electron chi connectivity index (χ3n) is 5.88. The second-order valence-electron chi connectivity index (χ2n) is 8.08. The molecule has 5 rings (SSSR count). The highest BCUT2D eigenvalue weighted by atomic mass is 16.5. The van der Waals surface area contributed by atoms with Crippen LogP contribution in [0.5, 0.6) is 17.2 Å². The zero-order chi connectivity index (χ0) is 22.6. The van der Waals surface area contributed by atoms with E-state index in [4.69, 9.17) is 4.74 Å². The van der Waals surface area contributed by atoms with Crippen LogP contribution in [0.4, 0.5) is 11.5 Å². The van der Waals surface area contributed by atoms with E-state index in [0.717, 1.165) is 42.8 Å². The van der Waals surface area contributed by atoms with Crippen LogP contribution in [0.3, 0.4) is 0 Å². The van der Waals surface area contributed by atoms with Crippen molar-refractivity contribution >= 4 is 28.3 Å². The molecule has 0 saturated carbocycles. The Morgan fingerprint density at radius 3 is 2.42 bits per heavy atom. The van der Waals surface area contributed by atoms with Gasteiger partial charge in [-0.3, -0.25) is 9.78 Å². The first-order valence-electron chi connectivity index (χ1n) is 11.0. The van der Waals surface area contributed by atoms with E-state index in [1.807, 2.05) is 48.5 Å². The fourth-order valence-electron chi connectivity index (χ4n) is 4.06. The van der Waals surface area contributed by atoms with Crippen molar-refractivity contribution in [3.8, 4) is 17.2 Å². The molecule has 0 unspecified atom stereocenters. The van der Waals surface area contributed by atoms with Gasteiger partial charge < -0.3 is 20.1 Å². The van der Waals surface area contributed by atoms with Gasteiger partial charge in [-0.1, -0.05) is 12.1 Å². The number of anilines is 2. The summed E-state index contributed by atoms with van der Waals surface area (Å²) in [4.78, 5) is 23.6. The number of pyridine rings is 2. The summed E-state index contributed by atoms with van der Waals surface area (Å²) in [6.45, 7) is 1.48. The molecule has 0 spiro atoms. The minimum Gasteiger partial charge on any atom is -0.506 e. The number of ether oxygens (including phenoxy) is 1. The maximum absolute atomic E-state index is 12.8. The number of phenols is 1. The van der Waals surface area contributed by atoms with Gasteiger partial charge in [0.2, 0.25) is 5.91 Å². The molecular formula is C26H24N4O3. The summed E-state index contributed by atoms with van der Waals surface area (Å²) in [6.07, 6.45) is 4.84. The van der Waals surface area contributed by atoms with Crippen LogP contribution in [-0.2, 0) is 4.79 Å². The summed E-state index contributed by atoms with van der Waals surface area (Å²) in [6, 6.07) is 20.3. The van der Waals surface area contributed by atoms with E-state index >= 15 is 0 Å². The van der Waals surface area contributed by atoms with Crippen LogP contribution in [0.1, 0.15) is 12.8 Å². The minimum absolute atomic E-state index is 0.0292. The summed E-state index contributed by atoms with van der Waals surface area (Å²) < 4.78 is 5.76. The van der Waals surface area contributed by atoms with E-state index in [1.165, 1.54) is 0 Å². The number of benzene rings is 2. The standard InChI is InChI=1S/C26H24N4O3/c31-23-3-1-2-18-4-9-24(29-25(18)23)30-16-12-19(13-17-30)26(32)28-20-5-7-21(8-6-20)33-22-10-14-27-15-11-22/h1-11,14-15,19,31H,12-13,16-17H2,(H,28,32). The molecule has 1 saturated heterocycles. The van der Waals surface area contributed by atoms with Crippen molar-refractivity contribution in [2.75, 3.05) is 23.3 Å². The predicted molar refractivity (Wildman–Crippen MR) is 128 cm³/mol. The molecule has 1 amide bonds. The molecule has 33 heavy (non-hydrogen) atoms. The van der Waals surface area contributed by atoms with Crippen LogP contribution in [0.2, 0.25) is 0 Å². The number of para-hydroxylation sites is 1. The average molecular weight is 441 g/mol. The van der Waals surface area contributed by atoms with Crippen molar-refractivity contribution in [2.45, 2.75) is 12.8 Å². The average Bonchev–Trinajstić information content (AvgIpc) is 2.86. The Balaban J connectivity index is 1.17. The van der Waals surface area contributed by atoms with Crippen molar-refractivity contribution in [1.29, 1.82) is 0 Å². The molecule has 0 bridgehead atoms. The van der Waals surface area contributed by atoms with Crippen molar-refractivity contribution in [1.82, 2.24) is 9.97 Å². The lowest BCUT2D eigenvalue weighted by Crippen LogP contribution is -2.38. The number of carbonyl (C=O) groups excluding carboxylic acids is 1. The Bertz CT molecular complexity index is 1250. The van der Waals surface area contributed by atoms with Gasteiger partial charge >= 0.3 is 0 Å². The number of rotatable bonds is 5. The van der Waals surface area contributed by atoms with Crippen LogP contribution in [0.25, 0.3) is 10.9 Å². The number of aromatic hydroxyl groups is 1. The van der Waals surface area contributed by atoms with Gasteiger partial charge in [-0.05, 0) is 67.4 Å². The highest BCUT2D eigenvalue weighted by Crippen LogP contribution is 2.28. The second kappa shape index (κ2) is 9.16. The zero-order valence-corrected chi connectivity index (χ0v) is 18.0. The van der Waals surface area contributed by atoms with E-state index in [1.54, 1.807) is 30.6 Å². The Labute approximate surface area is 191 Å². The number of hydrogen-bond donors (Lipinski definition) is 2. The number of nitrogens with one attached hydrogen (secondary N) is 1. The molecule has 0 atom stereocenters. The maximum atomic E-state index is 12.8. The van der Waals surface area contributed by atoms with Crippen LogP contribution < -0.4 is 15.0 Å². The van der Waals surface area contributed by atoms with Crippen molar-refractivity contribution in [3.63, 3.8) is 0 Å². The molecule has 4 aromatic rings. The summed E-state index contributed by atoms with van der Waals surface area (Å²) in [7, 11) is 0. The van der Waals surface area contributed by atoms with Gasteiger partial charge in [-0.2, -0.15) is 0 Å². The summed E-state index contributed by atoms with van der Waals surface area (Å²) >= 11 is 0. The van der Waals surface area contributed by atoms with Crippen LogP contribution in [0.15, 0.2) is 79.1 Å². The third-order valence-corrected chi connectivity index (χ3v) is 5.88. The molecule has 2 aromatic carbocycles. The number of phenolic OH excluding ortho intramolecular Hbond substituents is 1. The Hall–Kier alpha value is -4.13. The van der Waals surface area contributed by atoms with Gasteiger partial charge in [0, 0.05) is 42.5 Å². The molecule has 7 heteroatoms. The first-order valence-corrected chi connectivity index (χ1v) is 11.0. The van der Waals surface area contributed by atoms with Crippen molar-refractivity contribution < 1.29 is 14.6 Å². The lowest BCUT2D eigenvalue weighted by atomic mass is 9.95. The van der Waals surface area contributed by atoms with E-state index in [9.17, 15) is 9.90 Å². The molecular weight excluding hydrogens is 416 g/mol. The van der Waals surface area contributed by atoms with Gasteiger partial charge in [-0.25, -0.2) is 4.98 Å². The van der Waals surface area contributed by atoms with Crippen LogP contribution in [-0.4, -0.2) is 34.1 Å². The quantitative estimate of drug-likeness (QED) is 0.455. The largest absolute Gasteiger partial charge is 0.506 e. The van der Waals surface area contributed by atoms with Gasteiger partial charge in [0.1, 0.15) is 28.6 Å². The van der Waals surface area contributed by atoms with E-state index in [-0.39, 0.29) is 17.6 Å². The molecule has 0 aliphatic carbocycles. The molecule has 2 aromatic heterocycles. The molecule has 2 N–H and O–H groups in total. The fourth-order valence-corrected chi connectivity index (χ4v) is 4.06. The minimum atomic E-state index is -0.0529. The normalized spacial score (nSPS) is 14.2. The van der Waals surface area contributed by atoms with Crippen LogP contribution in [0, 0.1) is 5.92 Å². The number of fused-ring (bicyclic) bond motifs is 1. The van der Waals surface area contributed by atoms with Gasteiger partial charge in [0.15, 0.2) is 0 Å². The molecule has 166 valence electrons. The molecule has 1 fully saturated rings. The van der Waals surface area contributed by atoms with E-state index < -0.39 is 0 Å². The summed E-state index contributed by atoms with van der Waals surface area (Å²) in [5.41, 5.74) is 1.35. The SMILES string of the molecule is O=C(Nc1ccc(Oc2ccncc2)cc1)C1CCN(c2ccc3cccc(O)c3n2)CC1. The Morgan fingerprint density at radius 1 is 0.939 bits per heavy atom. The zero-order valence-electron chi connectivity index (χ0n) is 18.0. The lowest BCUT2D eigenvalue weighted by molar-refractivity contribution is -0.120. The lowest BCUT2D eigenvalue weighted by Gasteiger charge is -2.32. The molecule has 1 aliphatic rings. The third kappa shape index (κ3) is 4.72. The Morgan fingerprint density at radius 2 is 1.67 bits per heavy atom. The number of nitrogens with zero attached hydrogens (tertiary/aromatic N) is 3. The molecule has 7 nitrogen and oxygen atoms in total. The number of aromatic nitrogens is 2. The molecule has 0 radical (unpaired) electrons. The van der Waals surface area contributed by atoms with E-state index in [0.29, 0.717) is 17.0 Å². The monoisotopic (exact) mass is 440 g/mol. The smallest absolute Gasteiger partial charge is 0.227 e. The van der Waals surface area contributed by atoms with Gasteiger partial charge in [0.05, 0.1) is 0 Å². The maximum Gasteiger partial charge on any atom is 0.227 e. The summed E-state index contributed by atoms with van der Waals surface area (Å²) in [5, 5.41) is 14.0. The highest BCUT2D eigenvalue weighted by Gasteiger charge is 2.26. The highest BCUT2D eigenvalue weighted by molar-refractivity contribution is 5.92. The van der Waals surface area contributed by atoms with Crippen molar-refractivity contribution in [3.05, 3.63) is 79.1 Å².